The summed E-state index contributed by atoms with van der Waals surface area (Å²) in [5.74, 6) is 1.57. The Morgan fingerprint density at radius 1 is 0.943 bits per heavy atom. The fraction of sp³-hybridized carbons (Fsp3) is 0.429. The maximum Gasteiger partial charge on any atom is 0.349 e. The van der Waals surface area contributed by atoms with Crippen LogP contribution in [-0.4, -0.2) is 41.2 Å². The van der Waals surface area contributed by atoms with Gasteiger partial charge in [0.1, 0.15) is 11.5 Å². The van der Waals surface area contributed by atoms with Crippen molar-refractivity contribution in [2.75, 3.05) is 19.8 Å². The van der Waals surface area contributed by atoms with Crippen molar-refractivity contribution in [3.8, 4) is 17.4 Å². The number of benzene rings is 2. The molecule has 3 rings (SSSR count). The third kappa shape index (κ3) is 8.05. The smallest absolute Gasteiger partial charge is 0.349 e. The highest BCUT2D eigenvalue weighted by Crippen LogP contribution is 2.25. The van der Waals surface area contributed by atoms with Gasteiger partial charge in [0.15, 0.2) is 5.60 Å². The monoisotopic (exact) mass is 480 g/mol. The summed E-state index contributed by atoms with van der Waals surface area (Å²) in [6.45, 7) is 9.32. The Kier molecular flexibility index (Phi) is 9.58. The fourth-order valence-corrected chi connectivity index (χ4v) is 3.60. The van der Waals surface area contributed by atoms with Gasteiger partial charge in [-0.2, -0.15) is 0 Å². The van der Waals surface area contributed by atoms with E-state index < -0.39 is 11.6 Å². The van der Waals surface area contributed by atoms with Gasteiger partial charge in [0, 0.05) is 17.8 Å². The summed E-state index contributed by atoms with van der Waals surface area (Å²) in [4.78, 5) is 12.1. The number of aromatic nitrogens is 2. The number of nitrogens with zero attached hydrogens (tertiary/aromatic N) is 2. The predicted octanol–water partition coefficient (Wildman–Crippen LogP) is 5.45. The molecule has 0 saturated carbocycles. The van der Waals surface area contributed by atoms with Gasteiger partial charge in [-0.1, -0.05) is 36.4 Å². The molecule has 0 radical (unpaired) electrons. The highest BCUT2D eigenvalue weighted by molar-refractivity contribution is 5.79. The second kappa shape index (κ2) is 12.8. The first kappa shape index (κ1) is 26.1. The van der Waals surface area contributed by atoms with Gasteiger partial charge in [-0.25, -0.2) is 4.79 Å². The van der Waals surface area contributed by atoms with E-state index in [2.05, 4.69) is 23.4 Å². The minimum Gasteiger partial charge on any atom is -0.493 e. The zero-order chi connectivity index (χ0) is 25.1. The van der Waals surface area contributed by atoms with Crippen molar-refractivity contribution in [3.05, 3.63) is 71.9 Å². The number of rotatable bonds is 14. The second-order valence-electron chi connectivity index (χ2n) is 8.69. The Hall–Kier alpha value is -3.48. The van der Waals surface area contributed by atoms with Crippen molar-refractivity contribution < 1.29 is 23.7 Å². The number of carbonyl (C=O) groups is 1. The Balaban J connectivity index is 1.48. The van der Waals surface area contributed by atoms with Crippen LogP contribution in [0.5, 0.6) is 17.4 Å². The van der Waals surface area contributed by atoms with Gasteiger partial charge in [-0.15, -0.1) is 5.10 Å². The highest BCUT2D eigenvalue weighted by atomic mass is 16.6. The molecule has 0 unspecified atom stereocenters. The number of carbonyl (C=O) groups excluding carboxylic acids is 1. The van der Waals surface area contributed by atoms with Gasteiger partial charge in [-0.05, 0) is 64.7 Å². The van der Waals surface area contributed by atoms with Gasteiger partial charge >= 0.3 is 5.97 Å². The van der Waals surface area contributed by atoms with Crippen LogP contribution in [-0.2, 0) is 22.5 Å². The number of aryl methyl sites for hydroxylation is 1. The Morgan fingerprint density at radius 2 is 1.71 bits per heavy atom. The minimum atomic E-state index is -1.07. The summed E-state index contributed by atoms with van der Waals surface area (Å²) in [7, 11) is 0. The second-order valence-corrected chi connectivity index (χ2v) is 8.69. The lowest BCUT2D eigenvalue weighted by Gasteiger charge is -2.24. The number of hydrogen-bond acceptors (Lipinski definition) is 6. The molecule has 0 spiro atoms. The van der Waals surface area contributed by atoms with Crippen molar-refractivity contribution in [3.63, 3.8) is 0 Å². The van der Waals surface area contributed by atoms with E-state index in [1.165, 1.54) is 5.56 Å². The van der Waals surface area contributed by atoms with Crippen LogP contribution in [0.4, 0.5) is 0 Å². The summed E-state index contributed by atoms with van der Waals surface area (Å²) >= 11 is 0. The Labute approximate surface area is 208 Å². The molecule has 188 valence electrons. The Morgan fingerprint density at radius 3 is 2.46 bits per heavy atom. The molecular formula is C28H36N2O5. The largest absolute Gasteiger partial charge is 0.493 e. The van der Waals surface area contributed by atoms with E-state index in [9.17, 15) is 4.79 Å². The van der Waals surface area contributed by atoms with Gasteiger partial charge in [-0.3, -0.25) is 4.68 Å². The SMILES string of the molecule is CCOC(=O)C(C)(C)Oc1cccc(OCCCCc2cn(Cc3ccccc3)nc2OCC)c1. The minimum absolute atomic E-state index is 0.314. The summed E-state index contributed by atoms with van der Waals surface area (Å²) in [6.07, 6.45) is 4.77. The maximum absolute atomic E-state index is 12.1. The van der Waals surface area contributed by atoms with Crippen molar-refractivity contribution >= 4 is 5.97 Å². The lowest BCUT2D eigenvalue weighted by Crippen LogP contribution is -2.39. The normalized spacial score (nSPS) is 11.2. The molecule has 3 aromatic rings. The molecule has 1 heterocycles. The van der Waals surface area contributed by atoms with Gasteiger partial charge in [0.25, 0.3) is 0 Å². The summed E-state index contributed by atoms with van der Waals surface area (Å²) < 4.78 is 24.5. The van der Waals surface area contributed by atoms with Crippen molar-refractivity contribution in [1.82, 2.24) is 9.78 Å². The van der Waals surface area contributed by atoms with Crippen molar-refractivity contribution in [1.29, 1.82) is 0 Å². The van der Waals surface area contributed by atoms with E-state index in [0.29, 0.717) is 37.2 Å². The third-order valence-corrected chi connectivity index (χ3v) is 5.32. The van der Waals surface area contributed by atoms with Gasteiger partial charge in [0.05, 0.1) is 26.4 Å². The first-order chi connectivity index (χ1) is 16.9. The first-order valence-corrected chi connectivity index (χ1v) is 12.2. The van der Waals surface area contributed by atoms with Crippen LogP contribution in [0, 0.1) is 0 Å². The molecule has 0 saturated heterocycles. The van der Waals surface area contributed by atoms with E-state index in [1.807, 2.05) is 41.9 Å². The lowest BCUT2D eigenvalue weighted by atomic mass is 10.1. The van der Waals surface area contributed by atoms with Crippen LogP contribution < -0.4 is 14.2 Å². The van der Waals surface area contributed by atoms with Crippen LogP contribution in [0.15, 0.2) is 60.8 Å². The van der Waals surface area contributed by atoms with E-state index in [-0.39, 0.29) is 0 Å². The van der Waals surface area contributed by atoms with E-state index in [0.717, 1.165) is 31.4 Å². The van der Waals surface area contributed by atoms with Crippen LogP contribution in [0.1, 0.15) is 51.7 Å². The summed E-state index contributed by atoms with van der Waals surface area (Å²) in [5, 5.41) is 4.62. The molecule has 0 aliphatic carbocycles. The van der Waals surface area contributed by atoms with E-state index in [4.69, 9.17) is 18.9 Å². The molecule has 7 nitrogen and oxygen atoms in total. The average Bonchev–Trinajstić information content (AvgIpc) is 3.20. The maximum atomic E-state index is 12.1. The zero-order valence-electron chi connectivity index (χ0n) is 21.2. The summed E-state index contributed by atoms with van der Waals surface area (Å²) in [6, 6.07) is 17.6. The molecule has 0 aliphatic heterocycles. The number of esters is 1. The number of hydrogen-bond donors (Lipinski definition) is 0. The predicted molar refractivity (Wildman–Crippen MR) is 135 cm³/mol. The molecule has 1 aromatic heterocycles. The molecule has 0 N–H and O–H groups in total. The highest BCUT2D eigenvalue weighted by Gasteiger charge is 2.31. The molecule has 0 atom stereocenters. The average molecular weight is 481 g/mol. The standard InChI is InChI=1S/C28H36N2O5/c1-5-32-26-23(21-30(29-26)20-22-13-8-7-9-14-22)15-10-11-18-34-24-16-12-17-25(19-24)35-28(3,4)27(31)33-6-2/h7-9,12-14,16-17,19,21H,5-6,10-11,15,18,20H2,1-4H3. The van der Waals surface area contributed by atoms with Crippen LogP contribution in [0.3, 0.4) is 0 Å². The molecule has 2 aromatic carbocycles. The van der Waals surface area contributed by atoms with Gasteiger partial charge < -0.3 is 18.9 Å². The number of unbranched alkanes of at least 4 members (excludes halogenated alkanes) is 1. The van der Waals surface area contributed by atoms with Crippen LogP contribution in [0.2, 0.25) is 0 Å². The molecule has 0 bridgehead atoms. The van der Waals surface area contributed by atoms with E-state index >= 15 is 0 Å². The van der Waals surface area contributed by atoms with E-state index in [1.54, 1.807) is 32.9 Å². The zero-order valence-corrected chi connectivity index (χ0v) is 21.2. The number of ether oxygens (including phenoxy) is 4. The molecule has 0 aliphatic rings. The fourth-order valence-electron chi connectivity index (χ4n) is 3.60. The van der Waals surface area contributed by atoms with Crippen LogP contribution in [0.25, 0.3) is 0 Å². The summed E-state index contributed by atoms with van der Waals surface area (Å²) in [5.41, 5.74) is 1.24. The topological polar surface area (TPSA) is 71.8 Å². The first-order valence-electron chi connectivity index (χ1n) is 12.2. The molecule has 35 heavy (non-hydrogen) atoms. The van der Waals surface area contributed by atoms with Crippen LogP contribution >= 0.6 is 0 Å². The quantitative estimate of drug-likeness (QED) is 0.226. The molecule has 0 fully saturated rings. The van der Waals surface area contributed by atoms with Gasteiger partial charge in [0.2, 0.25) is 5.88 Å². The molecule has 7 heteroatoms. The van der Waals surface area contributed by atoms with Crippen molar-refractivity contribution in [2.45, 2.75) is 59.1 Å². The molecular weight excluding hydrogens is 444 g/mol. The van der Waals surface area contributed by atoms with Crippen molar-refractivity contribution in [2.24, 2.45) is 0 Å². The molecule has 0 amide bonds. The lowest BCUT2D eigenvalue weighted by molar-refractivity contribution is -0.158. The Bertz CT molecular complexity index is 1060. The third-order valence-electron chi connectivity index (χ3n) is 5.32.